The molecular weight excluding hydrogens is 701 g/mol. The Morgan fingerprint density at radius 2 is 1.68 bits per heavy atom. The molecule has 1 aromatic heterocycles. The Morgan fingerprint density at radius 1 is 0.943 bits per heavy atom. The Labute approximate surface area is 309 Å². The number of nitrogens with one attached hydrogen (secondary N) is 3. The molecule has 6 rings (SSSR count). The minimum atomic E-state index is -3.30. The SMILES string of the molecule is Cc1noc2c1C(=O)NC1(CCN(Cc3ccc(S(C)(=O)=O)cc3)CC1)CC(=O)NCC[C@H]1CN(C(=O)OCc3ccccc3)CC[C@H]1CC(=O)NC2. The molecule has 2 saturated heterocycles. The normalized spacial score (nSPS) is 21.8. The molecule has 0 bridgehead atoms. The van der Waals surface area contributed by atoms with Crippen molar-refractivity contribution in [1.29, 1.82) is 0 Å². The highest BCUT2D eigenvalue weighted by molar-refractivity contribution is 7.90. The van der Waals surface area contributed by atoms with Gasteiger partial charge in [-0.1, -0.05) is 47.6 Å². The fourth-order valence-electron chi connectivity index (χ4n) is 7.63. The summed E-state index contributed by atoms with van der Waals surface area (Å²) in [6.07, 6.45) is 3.21. The summed E-state index contributed by atoms with van der Waals surface area (Å²) in [6, 6.07) is 16.3. The second kappa shape index (κ2) is 16.5. The number of piperidine rings is 2. The molecule has 3 aliphatic heterocycles. The van der Waals surface area contributed by atoms with Gasteiger partial charge in [-0.3, -0.25) is 19.3 Å². The second-order valence-electron chi connectivity index (χ2n) is 14.6. The van der Waals surface area contributed by atoms with Crippen molar-refractivity contribution in [3.8, 4) is 0 Å². The van der Waals surface area contributed by atoms with Gasteiger partial charge < -0.3 is 30.1 Å². The molecule has 2 atom stereocenters. The number of likely N-dealkylation sites (tertiary alicyclic amines) is 2. The van der Waals surface area contributed by atoms with Gasteiger partial charge in [-0.05, 0) is 67.7 Å². The maximum atomic E-state index is 13.9. The molecule has 0 unspecified atom stereocenters. The van der Waals surface area contributed by atoms with Crippen LogP contribution in [-0.4, -0.2) is 91.7 Å². The van der Waals surface area contributed by atoms with Gasteiger partial charge >= 0.3 is 6.09 Å². The topological polar surface area (TPSA) is 180 Å². The van der Waals surface area contributed by atoms with Gasteiger partial charge in [0.15, 0.2) is 15.6 Å². The van der Waals surface area contributed by atoms with Crippen molar-refractivity contribution >= 4 is 33.7 Å². The van der Waals surface area contributed by atoms with E-state index in [2.05, 4.69) is 26.0 Å². The van der Waals surface area contributed by atoms with Crippen LogP contribution in [0.4, 0.5) is 4.79 Å². The van der Waals surface area contributed by atoms with Crippen molar-refractivity contribution in [2.75, 3.05) is 39.0 Å². The first-order valence-corrected chi connectivity index (χ1v) is 20.0. The van der Waals surface area contributed by atoms with Gasteiger partial charge in [0.1, 0.15) is 12.2 Å². The number of carbonyl (C=O) groups excluding carboxylic acids is 4. The summed E-state index contributed by atoms with van der Waals surface area (Å²) in [6.45, 7) is 4.79. The van der Waals surface area contributed by atoms with E-state index in [4.69, 9.17) is 9.26 Å². The van der Waals surface area contributed by atoms with Gasteiger partial charge in [-0.15, -0.1) is 0 Å². The lowest BCUT2D eigenvalue weighted by atomic mass is 9.80. The molecule has 3 aliphatic rings. The third kappa shape index (κ3) is 9.82. The van der Waals surface area contributed by atoms with E-state index in [1.54, 1.807) is 36.1 Å². The van der Waals surface area contributed by atoms with Crippen LogP contribution in [-0.2, 0) is 43.9 Å². The Balaban J connectivity index is 1.15. The number of carbonyl (C=O) groups is 4. The molecule has 0 radical (unpaired) electrons. The lowest BCUT2D eigenvalue weighted by molar-refractivity contribution is -0.124. The van der Waals surface area contributed by atoms with E-state index < -0.39 is 27.4 Å². The van der Waals surface area contributed by atoms with Crippen molar-refractivity contribution in [2.24, 2.45) is 11.8 Å². The van der Waals surface area contributed by atoms with E-state index in [-0.39, 0.29) is 65.9 Å². The highest BCUT2D eigenvalue weighted by atomic mass is 32.2. The highest BCUT2D eigenvalue weighted by Gasteiger charge is 2.40. The highest BCUT2D eigenvalue weighted by Crippen LogP contribution is 2.31. The Hall–Kier alpha value is -4.76. The van der Waals surface area contributed by atoms with E-state index in [1.165, 1.54) is 6.26 Å². The zero-order valence-electron chi connectivity index (χ0n) is 30.3. The number of aromatic nitrogens is 1. The van der Waals surface area contributed by atoms with Crippen molar-refractivity contribution in [3.05, 3.63) is 82.7 Å². The number of fused-ring (bicyclic) bond motifs is 2. The summed E-state index contributed by atoms with van der Waals surface area (Å²) in [4.78, 5) is 57.9. The van der Waals surface area contributed by atoms with Gasteiger partial charge in [0.2, 0.25) is 11.8 Å². The largest absolute Gasteiger partial charge is 0.445 e. The maximum Gasteiger partial charge on any atom is 0.410 e. The molecule has 1 spiro atoms. The smallest absolute Gasteiger partial charge is 0.410 e. The van der Waals surface area contributed by atoms with Crippen LogP contribution in [0.25, 0.3) is 0 Å². The van der Waals surface area contributed by atoms with Crippen LogP contribution in [0.1, 0.15) is 71.5 Å². The third-order valence-electron chi connectivity index (χ3n) is 10.7. The number of benzene rings is 2. The maximum absolute atomic E-state index is 13.9. The molecule has 4 heterocycles. The lowest BCUT2D eigenvalue weighted by Gasteiger charge is -2.42. The van der Waals surface area contributed by atoms with Gasteiger partial charge in [-0.25, -0.2) is 13.2 Å². The summed E-state index contributed by atoms with van der Waals surface area (Å²) in [5.41, 5.74) is 1.63. The molecule has 14 nitrogen and oxygen atoms in total. The number of nitrogens with zero attached hydrogens (tertiary/aromatic N) is 3. The van der Waals surface area contributed by atoms with Gasteiger partial charge in [0.05, 0.1) is 22.7 Å². The fourth-order valence-corrected chi connectivity index (χ4v) is 8.26. The van der Waals surface area contributed by atoms with Crippen LogP contribution in [0, 0.1) is 18.8 Å². The predicted molar refractivity (Wildman–Crippen MR) is 194 cm³/mol. The standard InChI is InChI=1S/C38H48N6O8S/c1-26-35-32(52-42-26)22-40-33(45)20-29-13-17-44(37(48)51-25-28-6-4-3-5-7-28)24-30(29)12-16-39-34(46)21-38(41-36(35)47)14-18-43(19-15-38)23-27-8-10-31(11-9-27)53(2,49)50/h3-11,29-30H,12-25H2,1-2H3,(H,39,46)(H,40,45)(H,41,47)/t29-,30-/m0/s1. The van der Waals surface area contributed by atoms with Gasteiger partial charge in [0, 0.05) is 58.4 Å². The molecule has 284 valence electrons. The average Bonchev–Trinajstić information content (AvgIpc) is 3.51. The number of rotatable bonds is 5. The van der Waals surface area contributed by atoms with Crippen LogP contribution in [0.5, 0.6) is 0 Å². The Kier molecular flexibility index (Phi) is 11.8. The monoisotopic (exact) mass is 748 g/mol. The molecule has 3 aromatic rings. The lowest BCUT2D eigenvalue weighted by Crippen LogP contribution is -2.57. The quantitative estimate of drug-likeness (QED) is 0.350. The predicted octanol–water partition coefficient (Wildman–Crippen LogP) is 3.34. The third-order valence-corrected chi connectivity index (χ3v) is 11.8. The summed E-state index contributed by atoms with van der Waals surface area (Å²) < 4.78 is 34.9. The zero-order valence-corrected chi connectivity index (χ0v) is 31.1. The van der Waals surface area contributed by atoms with Crippen molar-refractivity contribution in [1.82, 2.24) is 30.9 Å². The Morgan fingerprint density at radius 3 is 2.40 bits per heavy atom. The first-order chi connectivity index (χ1) is 25.4. The van der Waals surface area contributed by atoms with E-state index in [1.807, 2.05) is 30.3 Å². The first-order valence-electron chi connectivity index (χ1n) is 18.2. The zero-order chi connectivity index (χ0) is 37.6. The van der Waals surface area contributed by atoms with E-state index in [0.29, 0.717) is 70.6 Å². The summed E-state index contributed by atoms with van der Waals surface area (Å²) in [5, 5.41) is 13.2. The molecule has 4 amide bonds. The number of hydrogen-bond acceptors (Lipinski definition) is 10. The number of ether oxygens (including phenoxy) is 1. The van der Waals surface area contributed by atoms with Crippen LogP contribution < -0.4 is 16.0 Å². The number of hydrogen-bond donors (Lipinski definition) is 3. The molecule has 0 aliphatic carbocycles. The summed E-state index contributed by atoms with van der Waals surface area (Å²) in [7, 11) is -3.30. The molecule has 0 saturated carbocycles. The van der Waals surface area contributed by atoms with Crippen molar-refractivity contribution < 1.29 is 36.9 Å². The number of amides is 4. The second-order valence-corrected chi connectivity index (χ2v) is 16.6. The van der Waals surface area contributed by atoms with Gasteiger partial charge in [-0.2, -0.15) is 0 Å². The van der Waals surface area contributed by atoms with E-state index >= 15 is 0 Å². The van der Waals surface area contributed by atoms with Crippen LogP contribution in [0.15, 0.2) is 64.0 Å². The van der Waals surface area contributed by atoms with Crippen LogP contribution >= 0.6 is 0 Å². The summed E-state index contributed by atoms with van der Waals surface area (Å²) >= 11 is 0. The average molecular weight is 749 g/mol. The molecule has 15 heteroatoms. The minimum Gasteiger partial charge on any atom is -0.445 e. The van der Waals surface area contributed by atoms with Gasteiger partial charge in [0.25, 0.3) is 5.91 Å². The fraction of sp³-hybridized carbons (Fsp3) is 0.500. The van der Waals surface area contributed by atoms with Crippen LogP contribution in [0.2, 0.25) is 0 Å². The molecule has 2 fully saturated rings. The number of aryl methyl sites for hydroxylation is 1. The van der Waals surface area contributed by atoms with Crippen molar-refractivity contribution in [2.45, 2.75) is 75.6 Å². The van der Waals surface area contributed by atoms with Crippen molar-refractivity contribution in [3.63, 3.8) is 0 Å². The first kappa shape index (κ1) is 38.0. The van der Waals surface area contributed by atoms with E-state index in [0.717, 1.165) is 11.1 Å². The minimum absolute atomic E-state index is 0.0167. The van der Waals surface area contributed by atoms with E-state index in [9.17, 15) is 27.6 Å². The molecule has 3 N–H and O–H groups in total. The Bertz CT molecular complexity index is 1890. The molecular formula is C38H48N6O8S. The molecule has 53 heavy (non-hydrogen) atoms. The number of sulfone groups is 1. The molecule has 2 aromatic carbocycles. The van der Waals surface area contributed by atoms with Crippen LogP contribution in [0.3, 0.4) is 0 Å². The summed E-state index contributed by atoms with van der Waals surface area (Å²) in [5.74, 6) is -0.666.